The van der Waals surface area contributed by atoms with E-state index in [4.69, 9.17) is 11.6 Å². The average Bonchev–Trinajstić information content (AvgIpc) is 2.39. The third kappa shape index (κ3) is 3.95. The fraction of sp³-hybridized carbons (Fsp3) is 0.625. The van der Waals surface area contributed by atoms with Gasteiger partial charge in [-0.25, -0.2) is 0 Å². The van der Waals surface area contributed by atoms with Crippen molar-refractivity contribution in [1.29, 1.82) is 0 Å². The molecule has 1 atom stereocenters. The van der Waals surface area contributed by atoms with Crippen molar-refractivity contribution in [1.82, 2.24) is 10.2 Å². The van der Waals surface area contributed by atoms with E-state index in [0.717, 1.165) is 5.02 Å². The number of nitrogens with zero attached hydrogens (tertiary/aromatic N) is 1. The summed E-state index contributed by atoms with van der Waals surface area (Å²) in [6.07, 6.45) is 2.46. The van der Waals surface area contributed by atoms with E-state index in [2.05, 4.69) is 43.1 Å². The highest BCUT2D eigenvalue weighted by molar-refractivity contribution is 6.31. The highest BCUT2D eigenvalue weighted by Gasteiger charge is 2.22. The molecular formula is C16H25ClN2. The molecule has 1 saturated heterocycles. The maximum Gasteiger partial charge on any atom is 0.0453 e. The molecule has 2 nitrogen and oxygen atoms in total. The molecule has 0 bridgehead atoms. The van der Waals surface area contributed by atoms with Crippen molar-refractivity contribution < 1.29 is 0 Å². The van der Waals surface area contributed by atoms with E-state index in [9.17, 15) is 0 Å². The maximum absolute atomic E-state index is 6.25. The molecule has 0 unspecified atom stereocenters. The molecule has 1 aliphatic heterocycles. The van der Waals surface area contributed by atoms with E-state index in [0.29, 0.717) is 18.1 Å². The van der Waals surface area contributed by atoms with Crippen molar-refractivity contribution in [3.05, 3.63) is 34.9 Å². The standard InChI is InChI=1S/C16H25ClN2/c1-12(2)19-10-8-14(9-11-19)18-13(3)15-6-4-5-7-16(15)17/h4-7,12-14,18H,8-11H2,1-3H3/t13-/m0/s1. The van der Waals surface area contributed by atoms with E-state index in [1.165, 1.54) is 31.5 Å². The number of piperidine rings is 1. The normalized spacial score (nSPS) is 19.8. The summed E-state index contributed by atoms with van der Waals surface area (Å²) in [7, 11) is 0. The Morgan fingerprint density at radius 1 is 1.16 bits per heavy atom. The van der Waals surface area contributed by atoms with Gasteiger partial charge in [0.2, 0.25) is 0 Å². The molecule has 0 amide bonds. The molecule has 1 aromatic carbocycles. The van der Waals surface area contributed by atoms with Crippen LogP contribution in [0.3, 0.4) is 0 Å². The molecular weight excluding hydrogens is 256 g/mol. The van der Waals surface area contributed by atoms with Crippen molar-refractivity contribution >= 4 is 11.6 Å². The number of hydrogen-bond acceptors (Lipinski definition) is 2. The first kappa shape index (κ1) is 14.8. The lowest BCUT2D eigenvalue weighted by molar-refractivity contribution is 0.157. The van der Waals surface area contributed by atoms with Crippen LogP contribution in [0.25, 0.3) is 0 Å². The zero-order valence-electron chi connectivity index (χ0n) is 12.2. The first-order chi connectivity index (χ1) is 9.08. The Bertz CT molecular complexity index is 397. The van der Waals surface area contributed by atoms with Crippen LogP contribution in [0.5, 0.6) is 0 Å². The minimum Gasteiger partial charge on any atom is -0.307 e. The lowest BCUT2D eigenvalue weighted by atomic mass is 10.0. The second-order valence-corrected chi connectivity index (χ2v) is 6.22. The van der Waals surface area contributed by atoms with Crippen LogP contribution >= 0.6 is 11.6 Å². The molecule has 1 heterocycles. The van der Waals surface area contributed by atoms with Crippen molar-refractivity contribution in [3.8, 4) is 0 Å². The first-order valence-electron chi connectivity index (χ1n) is 7.32. The SMILES string of the molecule is CC(C)N1CCC(N[C@@H](C)c2ccccc2Cl)CC1. The van der Waals surface area contributed by atoms with Crippen LogP contribution in [-0.4, -0.2) is 30.1 Å². The Morgan fingerprint density at radius 3 is 2.37 bits per heavy atom. The molecule has 106 valence electrons. The van der Waals surface area contributed by atoms with E-state index in [1.807, 2.05) is 12.1 Å². The predicted molar refractivity (Wildman–Crippen MR) is 82.7 cm³/mol. The topological polar surface area (TPSA) is 15.3 Å². The van der Waals surface area contributed by atoms with Crippen molar-refractivity contribution in [3.63, 3.8) is 0 Å². The van der Waals surface area contributed by atoms with Gasteiger partial charge in [-0.1, -0.05) is 29.8 Å². The van der Waals surface area contributed by atoms with Crippen LogP contribution in [-0.2, 0) is 0 Å². The lowest BCUT2D eigenvalue weighted by Crippen LogP contribution is -2.45. The van der Waals surface area contributed by atoms with Crippen molar-refractivity contribution in [2.24, 2.45) is 0 Å². The third-order valence-corrected chi connectivity index (χ3v) is 4.46. The molecule has 19 heavy (non-hydrogen) atoms. The largest absolute Gasteiger partial charge is 0.307 e. The van der Waals surface area contributed by atoms with Crippen LogP contribution in [0.4, 0.5) is 0 Å². The van der Waals surface area contributed by atoms with Crippen molar-refractivity contribution in [2.45, 2.75) is 51.7 Å². The van der Waals surface area contributed by atoms with Crippen LogP contribution in [0.2, 0.25) is 5.02 Å². The summed E-state index contributed by atoms with van der Waals surface area (Å²) in [6.45, 7) is 9.16. The minimum atomic E-state index is 0.323. The van der Waals surface area contributed by atoms with Gasteiger partial charge >= 0.3 is 0 Å². The summed E-state index contributed by atoms with van der Waals surface area (Å²) < 4.78 is 0. The smallest absolute Gasteiger partial charge is 0.0453 e. The molecule has 1 aromatic rings. The summed E-state index contributed by atoms with van der Waals surface area (Å²) in [5, 5.41) is 4.59. The number of benzene rings is 1. The van der Waals surface area contributed by atoms with Crippen LogP contribution in [0, 0.1) is 0 Å². The highest BCUT2D eigenvalue weighted by Crippen LogP contribution is 2.24. The summed E-state index contributed by atoms with van der Waals surface area (Å²) in [5.41, 5.74) is 1.20. The van der Waals surface area contributed by atoms with Gasteiger partial charge in [-0.15, -0.1) is 0 Å². The van der Waals surface area contributed by atoms with Gasteiger partial charge in [0.15, 0.2) is 0 Å². The van der Waals surface area contributed by atoms with Crippen LogP contribution in [0.15, 0.2) is 24.3 Å². The molecule has 0 saturated carbocycles. The first-order valence-corrected chi connectivity index (χ1v) is 7.70. The van der Waals surface area contributed by atoms with E-state index >= 15 is 0 Å². The molecule has 1 fully saturated rings. The summed E-state index contributed by atoms with van der Waals surface area (Å²) in [6, 6.07) is 9.73. The lowest BCUT2D eigenvalue weighted by Gasteiger charge is -2.36. The van der Waals surface area contributed by atoms with Gasteiger partial charge in [0.25, 0.3) is 0 Å². The Hall–Kier alpha value is -0.570. The Balaban J connectivity index is 1.87. The van der Waals surface area contributed by atoms with E-state index in [1.54, 1.807) is 0 Å². The molecule has 1 aliphatic rings. The van der Waals surface area contributed by atoms with E-state index < -0.39 is 0 Å². The fourth-order valence-electron chi connectivity index (χ4n) is 2.85. The number of rotatable bonds is 4. The molecule has 0 aromatic heterocycles. The van der Waals surface area contributed by atoms with Crippen LogP contribution < -0.4 is 5.32 Å². The number of hydrogen-bond donors (Lipinski definition) is 1. The van der Waals surface area contributed by atoms with Gasteiger partial charge in [0, 0.05) is 23.1 Å². The van der Waals surface area contributed by atoms with Gasteiger partial charge in [-0.3, -0.25) is 0 Å². The third-order valence-electron chi connectivity index (χ3n) is 4.12. The zero-order chi connectivity index (χ0) is 13.8. The molecule has 3 heteroatoms. The van der Waals surface area contributed by atoms with E-state index in [-0.39, 0.29) is 0 Å². The predicted octanol–water partition coefficient (Wildman–Crippen LogP) is 3.86. The van der Waals surface area contributed by atoms with Gasteiger partial charge < -0.3 is 10.2 Å². The Labute approximate surface area is 122 Å². The van der Waals surface area contributed by atoms with Gasteiger partial charge in [-0.05, 0) is 58.3 Å². The highest BCUT2D eigenvalue weighted by atomic mass is 35.5. The summed E-state index contributed by atoms with van der Waals surface area (Å²) in [4.78, 5) is 2.55. The quantitative estimate of drug-likeness (QED) is 0.901. The zero-order valence-corrected chi connectivity index (χ0v) is 13.0. The average molecular weight is 281 g/mol. The monoisotopic (exact) mass is 280 g/mol. The fourth-order valence-corrected chi connectivity index (χ4v) is 3.15. The number of halogens is 1. The molecule has 0 radical (unpaired) electrons. The maximum atomic E-state index is 6.25. The Morgan fingerprint density at radius 2 is 1.79 bits per heavy atom. The van der Waals surface area contributed by atoms with Gasteiger partial charge in [0.05, 0.1) is 0 Å². The second-order valence-electron chi connectivity index (χ2n) is 5.81. The Kier molecular flexibility index (Phi) is 5.26. The molecule has 0 aliphatic carbocycles. The molecule has 0 spiro atoms. The van der Waals surface area contributed by atoms with Crippen LogP contribution in [0.1, 0.15) is 45.2 Å². The molecule has 2 rings (SSSR count). The summed E-state index contributed by atoms with van der Waals surface area (Å²) >= 11 is 6.25. The molecule has 1 N–H and O–H groups in total. The van der Waals surface area contributed by atoms with Crippen molar-refractivity contribution in [2.75, 3.05) is 13.1 Å². The summed E-state index contributed by atoms with van der Waals surface area (Å²) in [5.74, 6) is 0. The minimum absolute atomic E-state index is 0.323. The van der Waals surface area contributed by atoms with Gasteiger partial charge in [-0.2, -0.15) is 0 Å². The van der Waals surface area contributed by atoms with Gasteiger partial charge in [0.1, 0.15) is 0 Å². The number of likely N-dealkylation sites (tertiary alicyclic amines) is 1. The number of nitrogens with one attached hydrogen (secondary N) is 1. The second kappa shape index (κ2) is 6.74.